The first-order chi connectivity index (χ1) is 11.9. The molecule has 1 aromatic rings. The minimum atomic E-state index is -0.308. The van der Waals surface area contributed by atoms with Crippen LogP contribution < -0.4 is 9.47 Å². The smallest absolute Gasteiger partial charge is 0.307 e. The van der Waals surface area contributed by atoms with Crippen molar-refractivity contribution in [2.24, 2.45) is 0 Å². The van der Waals surface area contributed by atoms with Crippen LogP contribution in [-0.4, -0.2) is 76.2 Å². The lowest BCUT2D eigenvalue weighted by Gasteiger charge is -2.24. The summed E-state index contributed by atoms with van der Waals surface area (Å²) in [5, 5.41) is 0. The maximum Gasteiger partial charge on any atom is 0.307 e. The number of hydrogen-bond acceptors (Lipinski definition) is 6. The minimum Gasteiger partial charge on any atom is -0.493 e. The topological polar surface area (TPSA) is 68.3 Å². The van der Waals surface area contributed by atoms with Crippen molar-refractivity contribution < 1.29 is 23.8 Å². The molecule has 1 aromatic carbocycles. The van der Waals surface area contributed by atoms with Gasteiger partial charge in [0.15, 0.2) is 11.5 Å². The third-order valence-corrected chi connectivity index (χ3v) is 3.63. The molecule has 0 saturated heterocycles. The van der Waals surface area contributed by atoms with E-state index in [-0.39, 0.29) is 18.3 Å². The van der Waals surface area contributed by atoms with Gasteiger partial charge in [-0.25, -0.2) is 0 Å². The standard InChI is InChI=1S/C18H28N2O5/c1-6-25-17(21)9-10-20(12-11-19(2)3)18(22)14-7-8-15(23-4)16(13-14)24-5/h7-8,13H,6,9-12H2,1-5H3. The first-order valence-electron chi connectivity index (χ1n) is 8.24. The fourth-order valence-electron chi connectivity index (χ4n) is 2.25. The molecule has 0 radical (unpaired) electrons. The van der Waals surface area contributed by atoms with Crippen LogP contribution in [0.3, 0.4) is 0 Å². The Bertz CT molecular complexity index is 575. The number of carbonyl (C=O) groups is 2. The molecule has 1 rings (SSSR count). The van der Waals surface area contributed by atoms with Crippen LogP contribution in [0.4, 0.5) is 0 Å². The van der Waals surface area contributed by atoms with Crippen LogP contribution in [0.2, 0.25) is 0 Å². The Morgan fingerprint density at radius 2 is 1.68 bits per heavy atom. The van der Waals surface area contributed by atoms with Crippen molar-refractivity contribution in [3.63, 3.8) is 0 Å². The predicted octanol–water partition coefficient (Wildman–Crippen LogP) is 1.66. The largest absolute Gasteiger partial charge is 0.493 e. The van der Waals surface area contributed by atoms with Crippen LogP contribution >= 0.6 is 0 Å². The molecular formula is C18H28N2O5. The molecule has 0 N–H and O–H groups in total. The average molecular weight is 352 g/mol. The van der Waals surface area contributed by atoms with Gasteiger partial charge in [0.05, 0.1) is 27.2 Å². The van der Waals surface area contributed by atoms with Crippen molar-refractivity contribution in [2.75, 3.05) is 54.6 Å². The molecule has 0 saturated carbocycles. The number of hydrogen-bond donors (Lipinski definition) is 0. The van der Waals surface area contributed by atoms with Crippen LogP contribution in [0.15, 0.2) is 18.2 Å². The second-order valence-corrected chi connectivity index (χ2v) is 5.72. The Morgan fingerprint density at radius 3 is 2.24 bits per heavy atom. The summed E-state index contributed by atoms with van der Waals surface area (Å²) in [4.78, 5) is 28.1. The lowest BCUT2D eigenvalue weighted by Crippen LogP contribution is -2.38. The highest BCUT2D eigenvalue weighted by atomic mass is 16.5. The summed E-state index contributed by atoms with van der Waals surface area (Å²) in [6, 6.07) is 5.03. The quantitative estimate of drug-likeness (QED) is 0.597. The van der Waals surface area contributed by atoms with E-state index in [1.54, 1.807) is 37.1 Å². The lowest BCUT2D eigenvalue weighted by molar-refractivity contribution is -0.143. The molecule has 7 heteroatoms. The molecular weight excluding hydrogens is 324 g/mol. The van der Waals surface area contributed by atoms with E-state index >= 15 is 0 Å². The van der Waals surface area contributed by atoms with E-state index in [9.17, 15) is 9.59 Å². The summed E-state index contributed by atoms with van der Waals surface area (Å²) >= 11 is 0. The van der Waals surface area contributed by atoms with Crippen LogP contribution in [-0.2, 0) is 9.53 Å². The first kappa shape index (κ1) is 20.8. The van der Waals surface area contributed by atoms with Crippen molar-refractivity contribution in [3.8, 4) is 11.5 Å². The highest BCUT2D eigenvalue weighted by molar-refractivity contribution is 5.95. The molecule has 0 bridgehead atoms. The van der Waals surface area contributed by atoms with E-state index in [1.165, 1.54) is 7.11 Å². The summed E-state index contributed by atoms with van der Waals surface area (Å²) < 4.78 is 15.4. The zero-order valence-corrected chi connectivity index (χ0v) is 15.7. The molecule has 7 nitrogen and oxygen atoms in total. The van der Waals surface area contributed by atoms with Gasteiger partial charge in [-0.15, -0.1) is 0 Å². The number of ether oxygens (including phenoxy) is 3. The van der Waals surface area contributed by atoms with E-state index < -0.39 is 0 Å². The van der Waals surface area contributed by atoms with Crippen molar-refractivity contribution in [1.29, 1.82) is 0 Å². The molecule has 0 aliphatic heterocycles. The van der Waals surface area contributed by atoms with Gasteiger partial charge in [0.25, 0.3) is 5.91 Å². The van der Waals surface area contributed by atoms with Gasteiger partial charge >= 0.3 is 5.97 Å². The summed E-state index contributed by atoms with van der Waals surface area (Å²) in [5.41, 5.74) is 0.486. The molecule has 0 aliphatic carbocycles. The van der Waals surface area contributed by atoms with Gasteiger partial charge in [-0.3, -0.25) is 9.59 Å². The number of rotatable bonds is 10. The maximum atomic E-state index is 12.9. The number of nitrogens with zero attached hydrogens (tertiary/aromatic N) is 2. The van der Waals surface area contributed by atoms with Gasteiger partial charge in [-0.1, -0.05) is 0 Å². The molecule has 0 atom stereocenters. The monoisotopic (exact) mass is 352 g/mol. The Morgan fingerprint density at radius 1 is 1.00 bits per heavy atom. The number of methoxy groups -OCH3 is 2. The number of benzene rings is 1. The van der Waals surface area contributed by atoms with Gasteiger partial charge < -0.3 is 24.0 Å². The van der Waals surface area contributed by atoms with E-state index in [1.807, 2.05) is 19.0 Å². The Balaban J connectivity index is 2.91. The van der Waals surface area contributed by atoms with E-state index in [2.05, 4.69) is 0 Å². The van der Waals surface area contributed by atoms with Gasteiger partial charge in [-0.2, -0.15) is 0 Å². The normalized spacial score (nSPS) is 10.5. The van der Waals surface area contributed by atoms with Gasteiger partial charge in [0.2, 0.25) is 0 Å². The fraction of sp³-hybridized carbons (Fsp3) is 0.556. The zero-order valence-electron chi connectivity index (χ0n) is 15.7. The van der Waals surface area contributed by atoms with Crippen LogP contribution in [0, 0.1) is 0 Å². The van der Waals surface area contributed by atoms with E-state index in [0.717, 1.165) is 0 Å². The van der Waals surface area contributed by atoms with Crippen molar-refractivity contribution in [2.45, 2.75) is 13.3 Å². The SMILES string of the molecule is CCOC(=O)CCN(CCN(C)C)C(=O)c1ccc(OC)c(OC)c1. The van der Waals surface area contributed by atoms with Gasteiger partial charge in [-0.05, 0) is 39.2 Å². The van der Waals surface area contributed by atoms with Crippen molar-refractivity contribution in [3.05, 3.63) is 23.8 Å². The van der Waals surface area contributed by atoms with E-state index in [0.29, 0.717) is 43.3 Å². The second kappa shape index (κ2) is 10.6. The molecule has 0 unspecified atom stereocenters. The Kier molecular flexibility index (Phi) is 8.77. The first-order valence-corrected chi connectivity index (χ1v) is 8.24. The summed E-state index contributed by atoms with van der Waals surface area (Å²) in [6.07, 6.45) is 0.167. The summed E-state index contributed by atoms with van der Waals surface area (Å²) in [7, 11) is 6.94. The summed E-state index contributed by atoms with van der Waals surface area (Å²) in [5.74, 6) is 0.585. The van der Waals surface area contributed by atoms with Gasteiger partial charge in [0.1, 0.15) is 0 Å². The molecule has 140 valence electrons. The third-order valence-electron chi connectivity index (χ3n) is 3.63. The molecule has 0 aromatic heterocycles. The third kappa shape index (κ3) is 6.62. The molecule has 25 heavy (non-hydrogen) atoms. The predicted molar refractivity (Wildman–Crippen MR) is 95.3 cm³/mol. The number of carbonyl (C=O) groups excluding carboxylic acids is 2. The van der Waals surface area contributed by atoms with Crippen LogP contribution in [0.5, 0.6) is 11.5 Å². The number of likely N-dealkylation sites (N-methyl/N-ethyl adjacent to an activating group) is 1. The van der Waals surface area contributed by atoms with Gasteiger partial charge in [0, 0.05) is 25.2 Å². The highest BCUT2D eigenvalue weighted by Crippen LogP contribution is 2.28. The second-order valence-electron chi connectivity index (χ2n) is 5.72. The molecule has 0 aliphatic rings. The molecule has 0 fully saturated rings. The lowest BCUT2D eigenvalue weighted by atomic mass is 10.1. The van der Waals surface area contributed by atoms with Crippen molar-refractivity contribution >= 4 is 11.9 Å². The number of amides is 1. The summed E-state index contributed by atoms with van der Waals surface area (Å²) in [6.45, 7) is 3.61. The average Bonchev–Trinajstić information content (AvgIpc) is 2.60. The number of esters is 1. The molecule has 0 spiro atoms. The van der Waals surface area contributed by atoms with Crippen molar-refractivity contribution in [1.82, 2.24) is 9.80 Å². The Hall–Kier alpha value is -2.28. The van der Waals surface area contributed by atoms with E-state index in [4.69, 9.17) is 14.2 Å². The Labute approximate surface area is 149 Å². The fourth-order valence-corrected chi connectivity index (χ4v) is 2.25. The minimum absolute atomic E-state index is 0.160. The van der Waals surface area contributed by atoms with Crippen LogP contribution in [0.1, 0.15) is 23.7 Å². The molecule has 0 heterocycles. The van der Waals surface area contributed by atoms with Crippen LogP contribution in [0.25, 0.3) is 0 Å². The highest BCUT2D eigenvalue weighted by Gasteiger charge is 2.19. The molecule has 1 amide bonds. The zero-order chi connectivity index (χ0) is 18.8. The maximum absolute atomic E-state index is 12.9.